The first-order chi connectivity index (χ1) is 12.2. The fourth-order valence-electron chi connectivity index (χ4n) is 3.65. The molecule has 1 saturated carbocycles. The molecule has 0 atom stereocenters. The van der Waals surface area contributed by atoms with Crippen molar-refractivity contribution in [3.05, 3.63) is 47.9 Å². The van der Waals surface area contributed by atoms with E-state index in [0.29, 0.717) is 11.5 Å². The molecule has 0 spiro atoms. The van der Waals surface area contributed by atoms with Gasteiger partial charge in [-0.15, -0.1) is 0 Å². The molecule has 0 amide bonds. The van der Waals surface area contributed by atoms with Crippen molar-refractivity contribution >= 4 is 16.9 Å². The van der Waals surface area contributed by atoms with Crippen molar-refractivity contribution in [2.24, 2.45) is 0 Å². The lowest BCUT2D eigenvalue weighted by Crippen LogP contribution is -1.92. The highest BCUT2D eigenvalue weighted by atomic mass is 16.5. The SMILES string of the molecule is COc1ccc(-c2cccc(C(C)=O)c2)c2oc(C3CCCC3)nc12. The zero-order chi connectivity index (χ0) is 17.4. The number of hydrogen-bond donors (Lipinski definition) is 0. The fourth-order valence-corrected chi connectivity index (χ4v) is 3.65. The standard InChI is InChI=1S/C21H21NO3/c1-13(23)15-8-5-9-16(12-15)17-10-11-18(24-2)19-20(17)25-21(22-19)14-6-3-4-7-14/h5,8-12,14H,3-4,6-7H2,1-2H3. The number of oxazole rings is 1. The average molecular weight is 335 g/mol. The van der Waals surface area contributed by atoms with E-state index in [0.717, 1.165) is 46.7 Å². The number of Topliss-reactive ketones (excluding diaryl/α,β-unsaturated/α-hetero) is 1. The van der Waals surface area contributed by atoms with Gasteiger partial charge in [-0.1, -0.05) is 31.0 Å². The Morgan fingerprint density at radius 1 is 1.20 bits per heavy atom. The second-order valence-corrected chi connectivity index (χ2v) is 6.66. The molecule has 1 aromatic heterocycles. The molecule has 1 aliphatic rings. The largest absolute Gasteiger partial charge is 0.494 e. The third-order valence-electron chi connectivity index (χ3n) is 5.03. The van der Waals surface area contributed by atoms with Crippen LogP contribution < -0.4 is 4.74 Å². The highest BCUT2D eigenvalue weighted by molar-refractivity contribution is 5.98. The van der Waals surface area contributed by atoms with E-state index in [9.17, 15) is 4.79 Å². The minimum Gasteiger partial charge on any atom is -0.494 e. The van der Waals surface area contributed by atoms with Crippen molar-refractivity contribution in [3.63, 3.8) is 0 Å². The Balaban J connectivity index is 1.89. The Labute approximate surface area is 146 Å². The Morgan fingerprint density at radius 3 is 2.72 bits per heavy atom. The van der Waals surface area contributed by atoms with E-state index in [1.807, 2.05) is 36.4 Å². The highest BCUT2D eigenvalue weighted by Gasteiger charge is 2.24. The molecule has 0 aliphatic heterocycles. The number of benzene rings is 2. The highest BCUT2D eigenvalue weighted by Crippen LogP contribution is 2.40. The molecule has 0 saturated heterocycles. The summed E-state index contributed by atoms with van der Waals surface area (Å²) in [6, 6.07) is 11.5. The third-order valence-corrected chi connectivity index (χ3v) is 5.03. The minimum absolute atomic E-state index is 0.0517. The molecule has 1 aliphatic carbocycles. The smallest absolute Gasteiger partial charge is 0.198 e. The predicted molar refractivity (Wildman–Crippen MR) is 97.2 cm³/mol. The predicted octanol–water partition coefficient (Wildman–Crippen LogP) is 5.36. The number of ketones is 1. The van der Waals surface area contributed by atoms with Crippen LogP contribution in [0.15, 0.2) is 40.8 Å². The summed E-state index contributed by atoms with van der Waals surface area (Å²) in [5.41, 5.74) is 4.08. The molecule has 2 aromatic carbocycles. The number of ether oxygens (including phenoxy) is 1. The van der Waals surface area contributed by atoms with Crippen LogP contribution in [-0.4, -0.2) is 17.9 Å². The van der Waals surface area contributed by atoms with Crippen LogP contribution in [0.5, 0.6) is 5.75 Å². The third kappa shape index (κ3) is 2.82. The monoisotopic (exact) mass is 335 g/mol. The summed E-state index contributed by atoms with van der Waals surface area (Å²) in [4.78, 5) is 16.5. The van der Waals surface area contributed by atoms with Gasteiger partial charge in [-0.25, -0.2) is 4.98 Å². The van der Waals surface area contributed by atoms with E-state index in [-0.39, 0.29) is 5.78 Å². The van der Waals surface area contributed by atoms with E-state index >= 15 is 0 Å². The molecule has 3 aromatic rings. The number of fused-ring (bicyclic) bond motifs is 1. The van der Waals surface area contributed by atoms with Crippen LogP contribution in [0.25, 0.3) is 22.2 Å². The molecule has 1 heterocycles. The summed E-state index contributed by atoms with van der Waals surface area (Å²) in [6.07, 6.45) is 4.72. The van der Waals surface area contributed by atoms with Gasteiger partial charge < -0.3 is 9.15 Å². The van der Waals surface area contributed by atoms with Gasteiger partial charge in [0.25, 0.3) is 0 Å². The van der Waals surface area contributed by atoms with Gasteiger partial charge in [0, 0.05) is 17.0 Å². The topological polar surface area (TPSA) is 52.3 Å². The summed E-state index contributed by atoms with van der Waals surface area (Å²) in [5, 5.41) is 0. The Bertz CT molecular complexity index is 935. The Hall–Kier alpha value is -2.62. The van der Waals surface area contributed by atoms with Crippen LogP contribution in [0.2, 0.25) is 0 Å². The van der Waals surface area contributed by atoms with Gasteiger partial charge in [-0.2, -0.15) is 0 Å². The molecule has 128 valence electrons. The van der Waals surface area contributed by atoms with E-state index in [1.54, 1.807) is 14.0 Å². The van der Waals surface area contributed by atoms with Crippen LogP contribution in [0.4, 0.5) is 0 Å². The van der Waals surface area contributed by atoms with Gasteiger partial charge in [-0.05, 0) is 43.5 Å². The van der Waals surface area contributed by atoms with Crippen molar-refractivity contribution in [1.29, 1.82) is 0 Å². The number of aromatic nitrogens is 1. The lowest BCUT2D eigenvalue weighted by molar-refractivity contribution is 0.101. The maximum Gasteiger partial charge on any atom is 0.198 e. The molecule has 4 nitrogen and oxygen atoms in total. The molecule has 0 bridgehead atoms. The van der Waals surface area contributed by atoms with Crippen molar-refractivity contribution in [3.8, 4) is 16.9 Å². The van der Waals surface area contributed by atoms with Crippen molar-refractivity contribution in [2.75, 3.05) is 7.11 Å². The maximum atomic E-state index is 11.7. The van der Waals surface area contributed by atoms with Crippen LogP contribution in [-0.2, 0) is 0 Å². The van der Waals surface area contributed by atoms with Gasteiger partial charge in [0.15, 0.2) is 22.8 Å². The number of carbonyl (C=O) groups is 1. The van der Waals surface area contributed by atoms with Crippen LogP contribution >= 0.6 is 0 Å². The second kappa shape index (κ2) is 6.36. The molecular formula is C21H21NO3. The van der Waals surface area contributed by atoms with Gasteiger partial charge in [0.05, 0.1) is 7.11 Å². The van der Waals surface area contributed by atoms with Crippen molar-refractivity contribution < 1.29 is 13.9 Å². The zero-order valence-corrected chi connectivity index (χ0v) is 14.5. The summed E-state index contributed by atoms with van der Waals surface area (Å²) in [7, 11) is 1.65. The number of nitrogens with zero attached hydrogens (tertiary/aromatic N) is 1. The summed E-state index contributed by atoms with van der Waals surface area (Å²) < 4.78 is 11.7. The van der Waals surface area contributed by atoms with Crippen LogP contribution in [0, 0.1) is 0 Å². The lowest BCUT2D eigenvalue weighted by atomic mass is 10.0. The van der Waals surface area contributed by atoms with Gasteiger partial charge in [0.1, 0.15) is 5.75 Å². The van der Waals surface area contributed by atoms with Crippen LogP contribution in [0.3, 0.4) is 0 Å². The maximum absolute atomic E-state index is 11.7. The normalized spacial score (nSPS) is 15.0. The van der Waals surface area contributed by atoms with Gasteiger partial charge in [0.2, 0.25) is 0 Å². The molecule has 4 heteroatoms. The molecular weight excluding hydrogens is 314 g/mol. The second-order valence-electron chi connectivity index (χ2n) is 6.66. The molecule has 0 radical (unpaired) electrons. The number of methoxy groups -OCH3 is 1. The molecule has 0 N–H and O–H groups in total. The number of hydrogen-bond acceptors (Lipinski definition) is 4. The molecule has 25 heavy (non-hydrogen) atoms. The fraction of sp³-hybridized carbons (Fsp3) is 0.333. The first-order valence-corrected chi connectivity index (χ1v) is 8.76. The lowest BCUT2D eigenvalue weighted by Gasteiger charge is -2.06. The minimum atomic E-state index is 0.0517. The first kappa shape index (κ1) is 15.9. The van der Waals surface area contributed by atoms with Gasteiger partial charge in [-0.3, -0.25) is 4.79 Å². The number of carbonyl (C=O) groups excluding carboxylic acids is 1. The van der Waals surface area contributed by atoms with Gasteiger partial charge >= 0.3 is 0 Å². The van der Waals surface area contributed by atoms with E-state index < -0.39 is 0 Å². The quantitative estimate of drug-likeness (QED) is 0.602. The average Bonchev–Trinajstić information content (AvgIpc) is 3.30. The van der Waals surface area contributed by atoms with Crippen molar-refractivity contribution in [2.45, 2.75) is 38.5 Å². The molecule has 1 fully saturated rings. The van der Waals surface area contributed by atoms with E-state index in [2.05, 4.69) is 0 Å². The summed E-state index contributed by atoms with van der Waals surface area (Å²) in [5.74, 6) is 1.97. The summed E-state index contributed by atoms with van der Waals surface area (Å²) in [6.45, 7) is 1.58. The Morgan fingerprint density at radius 2 is 2.00 bits per heavy atom. The number of rotatable bonds is 4. The van der Waals surface area contributed by atoms with E-state index in [4.69, 9.17) is 14.1 Å². The summed E-state index contributed by atoms with van der Waals surface area (Å²) >= 11 is 0. The Kier molecular flexibility index (Phi) is 4.04. The van der Waals surface area contributed by atoms with E-state index in [1.165, 1.54) is 12.8 Å². The zero-order valence-electron chi connectivity index (χ0n) is 14.5. The molecule has 4 rings (SSSR count). The van der Waals surface area contributed by atoms with Crippen molar-refractivity contribution in [1.82, 2.24) is 4.98 Å². The molecule has 0 unspecified atom stereocenters. The van der Waals surface area contributed by atoms with Crippen LogP contribution in [0.1, 0.15) is 54.8 Å². The first-order valence-electron chi connectivity index (χ1n) is 8.76.